The van der Waals surface area contributed by atoms with Gasteiger partial charge in [-0.2, -0.15) is 5.10 Å². The second kappa shape index (κ2) is 3.90. The number of nitrogens with zero attached hydrogens (tertiary/aromatic N) is 2. The summed E-state index contributed by atoms with van der Waals surface area (Å²) in [7, 11) is 0. The molecule has 1 aliphatic carbocycles. The first kappa shape index (κ1) is 11.1. The van der Waals surface area contributed by atoms with Crippen molar-refractivity contribution in [3.8, 4) is 0 Å². The highest BCUT2D eigenvalue weighted by Gasteiger charge is 2.40. The fourth-order valence-electron chi connectivity index (χ4n) is 2.33. The van der Waals surface area contributed by atoms with Crippen LogP contribution in [-0.4, -0.2) is 26.4 Å². The van der Waals surface area contributed by atoms with Crippen molar-refractivity contribution in [3.05, 3.63) is 18.0 Å². The smallest absolute Gasteiger partial charge is 0.323 e. The topological polar surface area (TPSA) is 81.1 Å². The molecular weight excluding hydrogens is 206 g/mol. The molecule has 5 heteroatoms. The van der Waals surface area contributed by atoms with Crippen LogP contribution in [0, 0.1) is 6.92 Å². The lowest BCUT2D eigenvalue weighted by Gasteiger charge is -2.34. The van der Waals surface area contributed by atoms with E-state index in [4.69, 9.17) is 10.8 Å². The Morgan fingerprint density at radius 3 is 3.06 bits per heavy atom. The van der Waals surface area contributed by atoms with E-state index in [0.29, 0.717) is 12.8 Å². The molecule has 0 amide bonds. The lowest BCUT2D eigenvalue weighted by atomic mass is 9.80. The molecule has 2 rings (SSSR count). The Balaban J connectivity index is 2.16. The molecule has 1 saturated carbocycles. The van der Waals surface area contributed by atoms with Crippen molar-refractivity contribution >= 4 is 5.97 Å². The van der Waals surface area contributed by atoms with E-state index in [1.54, 1.807) is 0 Å². The van der Waals surface area contributed by atoms with Crippen LogP contribution in [0.2, 0.25) is 0 Å². The minimum atomic E-state index is -1.08. The molecule has 0 bridgehead atoms. The van der Waals surface area contributed by atoms with E-state index in [-0.39, 0.29) is 6.04 Å². The molecule has 0 aromatic carbocycles. The van der Waals surface area contributed by atoms with Gasteiger partial charge >= 0.3 is 5.97 Å². The van der Waals surface area contributed by atoms with Crippen molar-refractivity contribution in [2.45, 2.75) is 44.2 Å². The number of carboxylic acids is 1. The van der Waals surface area contributed by atoms with Gasteiger partial charge in [-0.3, -0.25) is 9.48 Å². The van der Waals surface area contributed by atoms with Gasteiger partial charge in [0.1, 0.15) is 5.54 Å². The molecule has 0 aliphatic heterocycles. The Bertz CT molecular complexity index is 402. The Kier molecular flexibility index (Phi) is 2.71. The van der Waals surface area contributed by atoms with Crippen LogP contribution in [0.5, 0.6) is 0 Å². The number of nitrogens with two attached hydrogens (primary N) is 1. The van der Waals surface area contributed by atoms with E-state index in [1.807, 2.05) is 23.9 Å². The van der Waals surface area contributed by atoms with E-state index in [2.05, 4.69) is 5.10 Å². The average Bonchev–Trinajstić information content (AvgIpc) is 2.65. The van der Waals surface area contributed by atoms with Crippen molar-refractivity contribution in [1.82, 2.24) is 9.78 Å². The van der Waals surface area contributed by atoms with Gasteiger partial charge in [0.25, 0.3) is 0 Å². The molecule has 1 heterocycles. The van der Waals surface area contributed by atoms with Crippen LogP contribution in [0.1, 0.15) is 37.4 Å². The molecule has 3 N–H and O–H groups in total. The van der Waals surface area contributed by atoms with E-state index in [1.165, 1.54) is 0 Å². The first-order valence-corrected chi connectivity index (χ1v) is 5.55. The minimum Gasteiger partial charge on any atom is -0.480 e. The largest absolute Gasteiger partial charge is 0.480 e. The van der Waals surface area contributed by atoms with Gasteiger partial charge in [-0.15, -0.1) is 0 Å². The summed E-state index contributed by atoms with van der Waals surface area (Å²) in [5.74, 6) is -0.902. The van der Waals surface area contributed by atoms with E-state index in [9.17, 15) is 4.79 Å². The monoisotopic (exact) mass is 223 g/mol. The van der Waals surface area contributed by atoms with Gasteiger partial charge in [-0.25, -0.2) is 0 Å². The van der Waals surface area contributed by atoms with Crippen molar-refractivity contribution in [2.75, 3.05) is 0 Å². The maximum Gasteiger partial charge on any atom is 0.323 e. The highest BCUT2D eigenvalue weighted by Crippen LogP contribution is 2.33. The maximum absolute atomic E-state index is 11.1. The van der Waals surface area contributed by atoms with Crippen molar-refractivity contribution < 1.29 is 9.90 Å². The number of hydrogen-bond donors (Lipinski definition) is 2. The third kappa shape index (κ3) is 1.95. The number of rotatable bonds is 2. The predicted octanol–water partition coefficient (Wildman–Crippen LogP) is 1.09. The van der Waals surface area contributed by atoms with Crippen LogP contribution in [0.4, 0.5) is 0 Å². The second-order valence-electron chi connectivity index (χ2n) is 4.65. The summed E-state index contributed by atoms with van der Waals surface area (Å²) in [6.45, 7) is 1.92. The molecule has 16 heavy (non-hydrogen) atoms. The summed E-state index contributed by atoms with van der Waals surface area (Å²) in [6, 6.07) is 2.04. The van der Waals surface area contributed by atoms with Gasteiger partial charge < -0.3 is 10.8 Å². The maximum atomic E-state index is 11.1. The number of carboxylic acid groups (broad SMARTS) is 1. The first-order chi connectivity index (χ1) is 7.51. The molecule has 0 radical (unpaired) electrons. The van der Waals surface area contributed by atoms with Gasteiger partial charge in [-0.1, -0.05) is 0 Å². The third-order valence-electron chi connectivity index (χ3n) is 3.30. The molecule has 0 saturated heterocycles. The average molecular weight is 223 g/mol. The summed E-state index contributed by atoms with van der Waals surface area (Å²) in [5.41, 5.74) is 5.76. The Hall–Kier alpha value is -1.36. The molecule has 1 fully saturated rings. The number of aromatic nitrogens is 2. The van der Waals surface area contributed by atoms with E-state index < -0.39 is 11.5 Å². The lowest BCUT2D eigenvalue weighted by Crippen LogP contribution is -2.51. The standard InChI is InChI=1S/C11H17N3O2/c1-8-4-6-14(13-8)9-3-2-5-11(12,7-9)10(15)16/h4,6,9H,2-3,5,7,12H2,1H3,(H,15,16). The van der Waals surface area contributed by atoms with Crippen LogP contribution in [0.3, 0.4) is 0 Å². The lowest BCUT2D eigenvalue weighted by molar-refractivity contribution is -0.145. The number of aryl methyl sites for hydroxylation is 1. The molecule has 88 valence electrons. The molecular formula is C11H17N3O2. The molecule has 1 aliphatic rings. The Labute approximate surface area is 94.2 Å². The van der Waals surface area contributed by atoms with Crippen LogP contribution >= 0.6 is 0 Å². The third-order valence-corrected chi connectivity index (χ3v) is 3.30. The summed E-state index contributed by atoms with van der Waals surface area (Å²) in [4.78, 5) is 11.1. The van der Waals surface area contributed by atoms with Gasteiger partial charge in [0.2, 0.25) is 0 Å². The second-order valence-corrected chi connectivity index (χ2v) is 4.65. The Morgan fingerprint density at radius 1 is 1.75 bits per heavy atom. The van der Waals surface area contributed by atoms with Crippen molar-refractivity contribution in [1.29, 1.82) is 0 Å². The van der Waals surface area contributed by atoms with Crippen molar-refractivity contribution in [2.24, 2.45) is 5.73 Å². The summed E-state index contributed by atoms with van der Waals surface area (Å²) >= 11 is 0. The van der Waals surface area contributed by atoms with Gasteiger partial charge in [0.15, 0.2) is 0 Å². The molecule has 2 atom stereocenters. The highest BCUT2D eigenvalue weighted by molar-refractivity contribution is 5.78. The van der Waals surface area contributed by atoms with Gasteiger partial charge in [0.05, 0.1) is 11.7 Å². The number of carbonyl (C=O) groups is 1. The fraction of sp³-hybridized carbons (Fsp3) is 0.636. The molecule has 2 unspecified atom stereocenters. The van der Waals surface area contributed by atoms with Crippen LogP contribution in [0.25, 0.3) is 0 Å². The predicted molar refractivity (Wildman–Crippen MR) is 59.0 cm³/mol. The molecule has 0 spiro atoms. The van der Waals surface area contributed by atoms with E-state index >= 15 is 0 Å². The first-order valence-electron chi connectivity index (χ1n) is 5.55. The highest BCUT2D eigenvalue weighted by atomic mass is 16.4. The SMILES string of the molecule is Cc1ccn(C2CCCC(N)(C(=O)O)C2)n1. The van der Waals surface area contributed by atoms with Crippen LogP contribution < -0.4 is 5.73 Å². The summed E-state index contributed by atoms with van der Waals surface area (Å²) in [5, 5.41) is 13.4. The zero-order valence-corrected chi connectivity index (χ0v) is 9.39. The van der Waals surface area contributed by atoms with Crippen LogP contribution in [-0.2, 0) is 4.79 Å². The minimum absolute atomic E-state index is 0.114. The van der Waals surface area contributed by atoms with E-state index in [0.717, 1.165) is 18.5 Å². The zero-order chi connectivity index (χ0) is 11.8. The normalized spacial score (nSPS) is 30.2. The van der Waals surface area contributed by atoms with Gasteiger partial charge in [-0.05, 0) is 38.7 Å². The summed E-state index contributed by atoms with van der Waals surface area (Å²) in [6.07, 6.45) is 4.70. The zero-order valence-electron chi connectivity index (χ0n) is 9.39. The van der Waals surface area contributed by atoms with Crippen molar-refractivity contribution in [3.63, 3.8) is 0 Å². The quantitative estimate of drug-likeness (QED) is 0.786. The fourth-order valence-corrected chi connectivity index (χ4v) is 2.33. The molecule has 5 nitrogen and oxygen atoms in total. The number of aliphatic carboxylic acids is 1. The van der Waals surface area contributed by atoms with Crippen LogP contribution in [0.15, 0.2) is 12.3 Å². The Morgan fingerprint density at radius 2 is 2.50 bits per heavy atom. The number of hydrogen-bond acceptors (Lipinski definition) is 3. The van der Waals surface area contributed by atoms with Gasteiger partial charge in [0, 0.05) is 6.20 Å². The molecule has 1 aromatic rings. The molecule has 1 aromatic heterocycles. The summed E-state index contributed by atoms with van der Waals surface area (Å²) < 4.78 is 1.85.